The maximum absolute atomic E-state index is 11.4. The summed E-state index contributed by atoms with van der Waals surface area (Å²) in [7, 11) is 1.64. The summed E-state index contributed by atoms with van der Waals surface area (Å²) >= 11 is 0. The van der Waals surface area contributed by atoms with Crippen LogP contribution in [0.2, 0.25) is 0 Å². The van der Waals surface area contributed by atoms with E-state index in [1.807, 2.05) is 44.3 Å². The average Bonchev–Trinajstić information content (AvgIpc) is 3.18. The van der Waals surface area contributed by atoms with Gasteiger partial charge in [-0.1, -0.05) is 12.1 Å². The lowest BCUT2D eigenvalue weighted by Crippen LogP contribution is -2.48. The summed E-state index contributed by atoms with van der Waals surface area (Å²) in [6.45, 7) is 12.1. The molecule has 0 radical (unpaired) electrons. The van der Waals surface area contributed by atoms with Crippen LogP contribution in [0.3, 0.4) is 0 Å². The monoisotopic (exact) mass is 509 g/mol. The molecule has 8 heteroatoms. The molecule has 2 heterocycles. The molecule has 0 saturated carbocycles. The fourth-order valence-electron chi connectivity index (χ4n) is 4.67. The van der Waals surface area contributed by atoms with Gasteiger partial charge < -0.3 is 28.6 Å². The normalized spacial score (nSPS) is 18.4. The van der Waals surface area contributed by atoms with E-state index in [2.05, 4.69) is 34.4 Å². The number of β-amino-alcohol motifs (C(OH)–C–C–N with tert-alkyl or cyclic N) is 1. The topological polar surface area (TPSA) is 78.2 Å². The Morgan fingerprint density at radius 1 is 1.05 bits per heavy atom. The van der Waals surface area contributed by atoms with Gasteiger partial charge in [0.15, 0.2) is 11.5 Å². The van der Waals surface area contributed by atoms with Crippen LogP contribution in [0.4, 0.5) is 0 Å². The first-order valence-corrected chi connectivity index (χ1v) is 12.8. The number of hydrogen-bond acceptors (Lipinski definition) is 7. The molecule has 1 N–H and O–H groups in total. The van der Waals surface area contributed by atoms with Gasteiger partial charge in [-0.25, -0.2) is 4.98 Å². The predicted octanol–water partition coefficient (Wildman–Crippen LogP) is 3.85. The second-order valence-electron chi connectivity index (χ2n) is 9.98. The Hall–Kier alpha value is -3.07. The molecule has 1 aromatic heterocycles. The molecule has 3 aromatic rings. The minimum Gasteiger partial charge on any atom is -0.493 e. The van der Waals surface area contributed by atoms with Crippen LogP contribution in [0.25, 0.3) is 0 Å². The second-order valence-corrected chi connectivity index (χ2v) is 9.98. The van der Waals surface area contributed by atoms with Gasteiger partial charge in [-0.15, -0.1) is 0 Å². The first-order valence-electron chi connectivity index (χ1n) is 12.8. The van der Waals surface area contributed by atoms with Crippen molar-refractivity contribution in [1.82, 2.24) is 14.5 Å². The van der Waals surface area contributed by atoms with Gasteiger partial charge in [0.1, 0.15) is 30.4 Å². The molecule has 0 spiro atoms. The summed E-state index contributed by atoms with van der Waals surface area (Å²) in [6, 6.07) is 10.1. The average molecular weight is 510 g/mol. The van der Waals surface area contributed by atoms with E-state index >= 15 is 0 Å². The Kier molecular flexibility index (Phi) is 8.74. The number of ether oxygens (including phenoxy) is 4. The smallest absolute Gasteiger partial charge is 0.161 e. The number of hydrogen-bond donors (Lipinski definition) is 1. The Bertz CT molecular complexity index is 1190. The van der Waals surface area contributed by atoms with Crippen molar-refractivity contribution in [3.63, 3.8) is 0 Å². The van der Waals surface area contributed by atoms with Crippen molar-refractivity contribution in [3.05, 3.63) is 70.8 Å². The Labute approximate surface area is 219 Å². The van der Waals surface area contributed by atoms with E-state index in [1.165, 1.54) is 5.56 Å². The Balaban J connectivity index is 1.40. The van der Waals surface area contributed by atoms with Crippen molar-refractivity contribution in [2.24, 2.45) is 0 Å². The molecule has 200 valence electrons. The number of methoxy groups -OCH3 is 1. The molecule has 0 bridgehead atoms. The highest BCUT2D eigenvalue weighted by atomic mass is 16.5. The number of aliphatic hydroxyl groups is 1. The van der Waals surface area contributed by atoms with Crippen LogP contribution in [-0.4, -0.2) is 71.8 Å². The van der Waals surface area contributed by atoms with Crippen molar-refractivity contribution in [3.8, 4) is 17.2 Å². The van der Waals surface area contributed by atoms with E-state index in [4.69, 9.17) is 18.9 Å². The summed E-state index contributed by atoms with van der Waals surface area (Å²) in [5, 5.41) is 11.4. The van der Waals surface area contributed by atoms with Gasteiger partial charge in [0.2, 0.25) is 0 Å². The number of imidazole rings is 1. The molecule has 1 aliphatic heterocycles. The van der Waals surface area contributed by atoms with E-state index in [-0.39, 0.29) is 13.2 Å². The molecule has 1 saturated heterocycles. The molecule has 1 fully saturated rings. The SMILES string of the molecule is COc1ccc(CN2CCOC[C@@](O)(COc3cc(C)cc(C)c3C)C2)cc1OCCn1ccnc1C. The molecule has 2 aromatic carbocycles. The summed E-state index contributed by atoms with van der Waals surface area (Å²) in [6.07, 6.45) is 3.73. The molecule has 8 nitrogen and oxygen atoms in total. The number of aromatic nitrogens is 2. The van der Waals surface area contributed by atoms with Crippen LogP contribution in [-0.2, 0) is 17.8 Å². The molecule has 0 aliphatic carbocycles. The van der Waals surface area contributed by atoms with E-state index in [0.29, 0.717) is 50.9 Å². The molecule has 1 aliphatic rings. The van der Waals surface area contributed by atoms with E-state index < -0.39 is 5.60 Å². The molecule has 1 atom stereocenters. The van der Waals surface area contributed by atoms with Gasteiger partial charge in [-0.05, 0) is 68.1 Å². The molecule has 4 rings (SSSR count). The number of nitrogens with zero attached hydrogens (tertiary/aromatic N) is 3. The minimum atomic E-state index is -1.12. The van der Waals surface area contributed by atoms with Gasteiger partial charge in [0.05, 0.1) is 26.9 Å². The molecule has 37 heavy (non-hydrogen) atoms. The highest BCUT2D eigenvalue weighted by Crippen LogP contribution is 2.29. The summed E-state index contributed by atoms with van der Waals surface area (Å²) < 4.78 is 25.6. The van der Waals surface area contributed by atoms with Crippen molar-refractivity contribution in [1.29, 1.82) is 0 Å². The Morgan fingerprint density at radius 2 is 1.89 bits per heavy atom. The zero-order valence-electron chi connectivity index (χ0n) is 22.6. The highest BCUT2D eigenvalue weighted by Gasteiger charge is 2.34. The third-order valence-electron chi connectivity index (χ3n) is 6.85. The zero-order valence-corrected chi connectivity index (χ0v) is 22.6. The standard InChI is InChI=1S/C29H39N3O5/c1-21-14-22(2)23(3)27(15-21)37-20-29(33)18-31(10-12-35-19-29)17-25-6-7-26(34-5)28(16-25)36-13-11-32-9-8-30-24(32)4/h6-9,14-16,33H,10-13,17-20H2,1-5H3/t29-/m1/s1. The number of aryl methyl sites for hydroxylation is 3. The zero-order chi connectivity index (χ0) is 26.4. The number of rotatable bonds is 10. The minimum absolute atomic E-state index is 0.165. The van der Waals surface area contributed by atoms with Crippen molar-refractivity contribution >= 4 is 0 Å². The second kappa shape index (κ2) is 12.0. The van der Waals surface area contributed by atoms with Crippen molar-refractivity contribution in [2.45, 2.75) is 46.4 Å². The predicted molar refractivity (Wildman–Crippen MR) is 143 cm³/mol. The van der Waals surface area contributed by atoms with E-state index in [9.17, 15) is 5.11 Å². The van der Waals surface area contributed by atoms with E-state index in [0.717, 1.165) is 28.3 Å². The van der Waals surface area contributed by atoms with Crippen LogP contribution in [0.1, 0.15) is 28.1 Å². The van der Waals surface area contributed by atoms with Crippen LogP contribution in [0.5, 0.6) is 17.2 Å². The Morgan fingerprint density at radius 3 is 2.65 bits per heavy atom. The van der Waals surface area contributed by atoms with Crippen LogP contribution in [0.15, 0.2) is 42.7 Å². The van der Waals surface area contributed by atoms with Gasteiger partial charge in [0, 0.05) is 32.0 Å². The summed E-state index contributed by atoms with van der Waals surface area (Å²) in [4.78, 5) is 6.45. The van der Waals surface area contributed by atoms with Gasteiger partial charge in [-0.2, -0.15) is 0 Å². The molecule has 0 unspecified atom stereocenters. The largest absolute Gasteiger partial charge is 0.493 e. The quantitative estimate of drug-likeness (QED) is 0.445. The summed E-state index contributed by atoms with van der Waals surface area (Å²) in [5.74, 6) is 3.16. The lowest BCUT2D eigenvalue weighted by molar-refractivity contribution is -0.0648. The van der Waals surface area contributed by atoms with Gasteiger partial charge in [-0.3, -0.25) is 4.90 Å². The maximum atomic E-state index is 11.4. The van der Waals surface area contributed by atoms with Crippen LogP contribution < -0.4 is 14.2 Å². The third-order valence-corrected chi connectivity index (χ3v) is 6.85. The van der Waals surface area contributed by atoms with E-state index in [1.54, 1.807) is 13.3 Å². The fraction of sp³-hybridized carbons (Fsp3) is 0.483. The number of benzene rings is 2. The van der Waals surface area contributed by atoms with Crippen molar-refractivity contribution < 1.29 is 24.1 Å². The first kappa shape index (κ1) is 27.0. The van der Waals surface area contributed by atoms with Gasteiger partial charge in [0.25, 0.3) is 0 Å². The summed E-state index contributed by atoms with van der Waals surface area (Å²) in [5.41, 5.74) is 3.37. The van der Waals surface area contributed by atoms with Crippen molar-refractivity contribution in [2.75, 3.05) is 46.6 Å². The van der Waals surface area contributed by atoms with Gasteiger partial charge >= 0.3 is 0 Å². The first-order chi connectivity index (χ1) is 17.8. The molecular weight excluding hydrogens is 470 g/mol. The maximum Gasteiger partial charge on any atom is 0.161 e. The highest BCUT2D eigenvalue weighted by molar-refractivity contribution is 5.43. The lowest BCUT2D eigenvalue weighted by Gasteiger charge is -2.31. The lowest BCUT2D eigenvalue weighted by atomic mass is 10.0. The fourth-order valence-corrected chi connectivity index (χ4v) is 4.67. The molecule has 0 amide bonds. The third kappa shape index (κ3) is 7.03. The van der Waals surface area contributed by atoms with Crippen LogP contribution >= 0.6 is 0 Å². The molecular formula is C29H39N3O5. The van der Waals surface area contributed by atoms with Crippen LogP contribution in [0, 0.1) is 27.7 Å².